The third-order valence-corrected chi connectivity index (χ3v) is 5.60. The summed E-state index contributed by atoms with van der Waals surface area (Å²) in [5.74, 6) is -0.0354. The number of hydrogen-bond donors (Lipinski definition) is 1. The largest absolute Gasteiger partial charge is 0.337 e. The van der Waals surface area contributed by atoms with Crippen molar-refractivity contribution in [1.82, 2.24) is 14.5 Å². The Morgan fingerprint density at radius 1 is 1.11 bits per heavy atom. The lowest BCUT2D eigenvalue weighted by atomic mass is 10.1. The van der Waals surface area contributed by atoms with Gasteiger partial charge in [-0.25, -0.2) is 4.98 Å². The molecule has 0 spiro atoms. The van der Waals surface area contributed by atoms with Gasteiger partial charge in [0.25, 0.3) is 11.8 Å². The molecule has 6 nitrogen and oxygen atoms in total. The van der Waals surface area contributed by atoms with E-state index in [0.717, 1.165) is 56.5 Å². The molecule has 7 heteroatoms. The van der Waals surface area contributed by atoms with Gasteiger partial charge in [-0.15, -0.1) is 0 Å². The van der Waals surface area contributed by atoms with Gasteiger partial charge in [0.05, 0.1) is 5.69 Å². The fourth-order valence-electron chi connectivity index (χ4n) is 3.86. The lowest BCUT2D eigenvalue weighted by Crippen LogP contribution is -2.29. The molecule has 1 N–H and O–H groups in total. The Morgan fingerprint density at radius 2 is 1.85 bits per heavy atom. The summed E-state index contributed by atoms with van der Waals surface area (Å²) >= 11 is 6.06. The number of carbonyl (C=O) groups is 2. The first kappa shape index (κ1) is 18.0. The van der Waals surface area contributed by atoms with Crippen molar-refractivity contribution in [3.8, 4) is 0 Å². The Balaban J connectivity index is 1.67. The zero-order valence-corrected chi connectivity index (χ0v) is 16.2. The van der Waals surface area contributed by atoms with Crippen LogP contribution in [-0.4, -0.2) is 39.4 Å². The topological polar surface area (TPSA) is 67.2 Å². The molecule has 3 heterocycles. The van der Waals surface area contributed by atoms with Gasteiger partial charge in [-0.3, -0.25) is 9.59 Å². The van der Waals surface area contributed by atoms with Crippen LogP contribution in [-0.2, 0) is 13.0 Å². The standard InChI is InChI=1S/C20H23ClN4O2/c1-13-7-8-14(21)12-15(13)22-19(26)18-23-17(16-6-2-3-11-25(16)18)20(27)24-9-4-5-10-24/h7-8,12H,2-6,9-11H2,1H3,(H,22,26). The zero-order valence-electron chi connectivity index (χ0n) is 15.4. The number of likely N-dealkylation sites (tertiary alicyclic amines) is 1. The van der Waals surface area contributed by atoms with Crippen LogP contribution in [0.15, 0.2) is 18.2 Å². The molecule has 0 bridgehead atoms. The van der Waals surface area contributed by atoms with Gasteiger partial charge >= 0.3 is 0 Å². The van der Waals surface area contributed by atoms with Crippen molar-refractivity contribution < 1.29 is 9.59 Å². The molecule has 1 saturated heterocycles. The predicted molar refractivity (Wildman–Crippen MR) is 104 cm³/mol. The molecule has 27 heavy (non-hydrogen) atoms. The number of nitrogens with zero attached hydrogens (tertiary/aromatic N) is 3. The fourth-order valence-corrected chi connectivity index (χ4v) is 4.04. The summed E-state index contributed by atoms with van der Waals surface area (Å²) < 4.78 is 1.92. The van der Waals surface area contributed by atoms with E-state index in [2.05, 4.69) is 10.3 Å². The van der Waals surface area contributed by atoms with Gasteiger partial charge in [0.2, 0.25) is 0 Å². The third kappa shape index (κ3) is 3.46. The van der Waals surface area contributed by atoms with Gasteiger partial charge in [0.1, 0.15) is 5.69 Å². The molecule has 0 radical (unpaired) electrons. The second kappa shape index (κ2) is 7.35. The second-order valence-electron chi connectivity index (χ2n) is 7.25. The van der Waals surface area contributed by atoms with Gasteiger partial charge in [0, 0.05) is 30.3 Å². The van der Waals surface area contributed by atoms with E-state index in [4.69, 9.17) is 11.6 Å². The van der Waals surface area contributed by atoms with Crippen LogP contribution in [0.1, 0.15) is 58.0 Å². The highest BCUT2D eigenvalue weighted by atomic mass is 35.5. The van der Waals surface area contributed by atoms with Gasteiger partial charge in [-0.2, -0.15) is 0 Å². The van der Waals surface area contributed by atoms with Crippen LogP contribution >= 0.6 is 11.6 Å². The Labute approximate surface area is 163 Å². The summed E-state index contributed by atoms with van der Waals surface area (Å²) in [6.07, 6.45) is 4.84. The lowest BCUT2D eigenvalue weighted by molar-refractivity contribution is 0.0786. The van der Waals surface area contributed by atoms with Crippen molar-refractivity contribution in [2.75, 3.05) is 18.4 Å². The second-order valence-corrected chi connectivity index (χ2v) is 7.69. The van der Waals surface area contributed by atoms with Gasteiger partial charge in [-0.05, 0) is 56.7 Å². The maximum atomic E-state index is 12.9. The number of carbonyl (C=O) groups excluding carboxylic acids is 2. The molecule has 2 aromatic rings. The highest BCUT2D eigenvalue weighted by Gasteiger charge is 2.30. The number of nitrogens with one attached hydrogen (secondary N) is 1. The first-order valence-corrected chi connectivity index (χ1v) is 9.88. The number of aryl methyl sites for hydroxylation is 1. The predicted octanol–water partition coefficient (Wildman–Crippen LogP) is 3.67. The molecular formula is C20H23ClN4O2. The maximum absolute atomic E-state index is 12.9. The normalized spacial score (nSPS) is 16.3. The van der Waals surface area contributed by atoms with E-state index in [-0.39, 0.29) is 11.8 Å². The highest BCUT2D eigenvalue weighted by molar-refractivity contribution is 6.31. The average molecular weight is 387 g/mol. The van der Waals surface area contributed by atoms with E-state index in [1.54, 1.807) is 12.1 Å². The molecule has 1 aromatic heterocycles. The van der Waals surface area contributed by atoms with Gasteiger partial charge < -0.3 is 14.8 Å². The van der Waals surface area contributed by atoms with Crippen molar-refractivity contribution in [1.29, 1.82) is 0 Å². The molecule has 0 saturated carbocycles. The first-order valence-electron chi connectivity index (χ1n) is 9.51. The molecule has 0 aliphatic carbocycles. The molecular weight excluding hydrogens is 364 g/mol. The van der Waals surface area contributed by atoms with E-state index < -0.39 is 0 Å². The number of rotatable bonds is 3. The molecule has 2 aliphatic heterocycles. The van der Waals surface area contributed by atoms with E-state index in [9.17, 15) is 9.59 Å². The lowest BCUT2D eigenvalue weighted by Gasteiger charge is -2.19. The minimum Gasteiger partial charge on any atom is -0.337 e. The van der Waals surface area contributed by atoms with Gasteiger partial charge in [-0.1, -0.05) is 17.7 Å². The number of aromatic nitrogens is 2. The highest BCUT2D eigenvalue weighted by Crippen LogP contribution is 2.25. The molecule has 2 aliphatic rings. The maximum Gasteiger partial charge on any atom is 0.291 e. The summed E-state index contributed by atoms with van der Waals surface area (Å²) in [6.45, 7) is 4.17. The van der Waals surface area contributed by atoms with Crippen LogP contribution in [0.3, 0.4) is 0 Å². The van der Waals surface area contributed by atoms with Crippen molar-refractivity contribution >= 4 is 29.1 Å². The Bertz CT molecular complexity index is 900. The fraction of sp³-hybridized carbons (Fsp3) is 0.450. The number of amides is 2. The van der Waals surface area contributed by atoms with Crippen LogP contribution < -0.4 is 5.32 Å². The van der Waals surface area contributed by atoms with E-state index in [1.807, 2.05) is 22.5 Å². The minimum absolute atomic E-state index is 0.0452. The van der Waals surface area contributed by atoms with Crippen LogP contribution in [0.25, 0.3) is 0 Å². The minimum atomic E-state index is -0.302. The smallest absolute Gasteiger partial charge is 0.291 e. The molecule has 1 aromatic carbocycles. The Hall–Kier alpha value is -2.34. The first-order chi connectivity index (χ1) is 13.0. The summed E-state index contributed by atoms with van der Waals surface area (Å²) in [6, 6.07) is 5.38. The molecule has 4 rings (SSSR count). The van der Waals surface area contributed by atoms with E-state index in [0.29, 0.717) is 28.8 Å². The van der Waals surface area contributed by atoms with E-state index in [1.165, 1.54) is 0 Å². The van der Waals surface area contributed by atoms with Crippen molar-refractivity contribution in [3.63, 3.8) is 0 Å². The molecule has 2 amide bonds. The SMILES string of the molecule is Cc1ccc(Cl)cc1NC(=O)c1nc(C(=O)N2CCCC2)c2n1CCCC2. The number of anilines is 1. The van der Waals surface area contributed by atoms with Crippen LogP contribution in [0, 0.1) is 6.92 Å². The number of hydrogen-bond acceptors (Lipinski definition) is 3. The number of imidazole rings is 1. The van der Waals surface area contributed by atoms with Crippen LogP contribution in [0.4, 0.5) is 5.69 Å². The average Bonchev–Trinajstić information content (AvgIpc) is 3.32. The Kier molecular flexibility index (Phi) is 4.91. The summed E-state index contributed by atoms with van der Waals surface area (Å²) in [5.41, 5.74) is 2.93. The van der Waals surface area contributed by atoms with E-state index >= 15 is 0 Å². The van der Waals surface area contributed by atoms with Gasteiger partial charge in [0.15, 0.2) is 5.82 Å². The molecule has 0 atom stereocenters. The third-order valence-electron chi connectivity index (χ3n) is 5.36. The summed E-state index contributed by atoms with van der Waals surface area (Å²) in [4.78, 5) is 32.2. The monoisotopic (exact) mass is 386 g/mol. The molecule has 0 unspecified atom stereocenters. The van der Waals surface area contributed by atoms with Crippen LogP contribution in [0.2, 0.25) is 5.02 Å². The van der Waals surface area contributed by atoms with Crippen molar-refractivity contribution in [2.45, 2.75) is 45.6 Å². The molecule has 142 valence electrons. The summed E-state index contributed by atoms with van der Waals surface area (Å²) in [5, 5.41) is 3.47. The number of benzene rings is 1. The van der Waals surface area contributed by atoms with Crippen molar-refractivity contribution in [3.05, 3.63) is 46.0 Å². The van der Waals surface area contributed by atoms with Crippen molar-refractivity contribution in [2.24, 2.45) is 0 Å². The van der Waals surface area contributed by atoms with Crippen LogP contribution in [0.5, 0.6) is 0 Å². The summed E-state index contributed by atoms with van der Waals surface area (Å²) in [7, 11) is 0. The number of fused-ring (bicyclic) bond motifs is 1. The zero-order chi connectivity index (χ0) is 19.0. The number of halogens is 1. The quantitative estimate of drug-likeness (QED) is 0.875. The Morgan fingerprint density at radius 3 is 2.63 bits per heavy atom. The molecule has 1 fully saturated rings.